The maximum Gasteiger partial charge on any atom is 0.225 e. The van der Waals surface area contributed by atoms with Crippen molar-refractivity contribution < 1.29 is 4.79 Å². The van der Waals surface area contributed by atoms with Gasteiger partial charge in [0.2, 0.25) is 5.91 Å². The number of carbonyl (C=O) groups excluding carboxylic acids is 1. The number of likely N-dealkylation sites (tertiary alicyclic amines) is 1. The Morgan fingerprint density at radius 1 is 1.16 bits per heavy atom. The van der Waals surface area contributed by atoms with Crippen molar-refractivity contribution in [2.24, 2.45) is 17.3 Å². The third-order valence-electron chi connectivity index (χ3n) is 4.75. The van der Waals surface area contributed by atoms with Crippen molar-refractivity contribution in [3.63, 3.8) is 0 Å². The second-order valence-corrected chi connectivity index (χ2v) is 7.84. The van der Waals surface area contributed by atoms with Crippen molar-refractivity contribution >= 4 is 5.91 Å². The first kappa shape index (κ1) is 14.8. The van der Waals surface area contributed by atoms with Gasteiger partial charge in [-0.25, -0.2) is 0 Å². The van der Waals surface area contributed by atoms with Gasteiger partial charge < -0.3 is 5.32 Å². The lowest BCUT2D eigenvalue weighted by Crippen LogP contribution is -2.57. The van der Waals surface area contributed by atoms with Crippen molar-refractivity contribution in [2.75, 3.05) is 13.1 Å². The highest BCUT2D eigenvalue weighted by atomic mass is 16.2. The lowest BCUT2D eigenvalue weighted by molar-refractivity contribution is -0.130. The molecule has 19 heavy (non-hydrogen) atoms. The van der Waals surface area contributed by atoms with Gasteiger partial charge in [0.15, 0.2) is 0 Å². The number of amides is 1. The second kappa shape index (κ2) is 5.43. The molecule has 1 saturated heterocycles. The molecule has 110 valence electrons. The number of hydrogen-bond donors (Lipinski definition) is 1. The Labute approximate surface area is 118 Å². The van der Waals surface area contributed by atoms with Crippen molar-refractivity contribution in [3.8, 4) is 0 Å². The third kappa shape index (κ3) is 3.50. The van der Waals surface area contributed by atoms with Crippen LogP contribution in [0.25, 0.3) is 0 Å². The molecule has 0 aromatic heterocycles. The highest BCUT2D eigenvalue weighted by Gasteiger charge is 2.37. The van der Waals surface area contributed by atoms with E-state index in [1.54, 1.807) is 0 Å². The molecule has 3 heteroatoms. The molecule has 1 saturated carbocycles. The van der Waals surface area contributed by atoms with Gasteiger partial charge in [0.25, 0.3) is 0 Å². The molecule has 4 unspecified atom stereocenters. The first-order chi connectivity index (χ1) is 8.77. The number of nitrogens with one attached hydrogen (secondary N) is 1. The molecular formula is C16H30N2O. The van der Waals surface area contributed by atoms with Crippen molar-refractivity contribution in [3.05, 3.63) is 0 Å². The van der Waals surface area contributed by atoms with Gasteiger partial charge in [0.1, 0.15) is 0 Å². The SMILES string of the molecule is CC1CC(NC(=O)C(C)(C)C)CN(C2CCC2C)C1. The molecule has 1 aliphatic heterocycles. The van der Waals surface area contributed by atoms with E-state index in [9.17, 15) is 4.79 Å². The Hall–Kier alpha value is -0.570. The molecule has 3 nitrogen and oxygen atoms in total. The summed E-state index contributed by atoms with van der Waals surface area (Å²) in [7, 11) is 0. The summed E-state index contributed by atoms with van der Waals surface area (Å²) in [6, 6.07) is 1.10. The molecule has 2 rings (SSSR count). The minimum absolute atomic E-state index is 0.188. The van der Waals surface area contributed by atoms with E-state index in [1.165, 1.54) is 19.4 Å². The summed E-state index contributed by atoms with van der Waals surface area (Å²) in [6.07, 6.45) is 3.84. The van der Waals surface area contributed by atoms with E-state index in [4.69, 9.17) is 0 Å². The first-order valence-corrected chi connectivity index (χ1v) is 7.82. The van der Waals surface area contributed by atoms with Crippen LogP contribution in [-0.4, -0.2) is 36.0 Å². The van der Waals surface area contributed by atoms with Gasteiger partial charge in [-0.15, -0.1) is 0 Å². The van der Waals surface area contributed by atoms with Gasteiger partial charge in [-0.3, -0.25) is 9.69 Å². The predicted molar refractivity (Wildman–Crippen MR) is 78.9 cm³/mol. The number of nitrogens with zero attached hydrogens (tertiary/aromatic N) is 1. The van der Waals surface area contributed by atoms with Crippen LogP contribution in [0.2, 0.25) is 0 Å². The summed E-state index contributed by atoms with van der Waals surface area (Å²) in [5.74, 6) is 1.71. The molecule has 2 aliphatic rings. The van der Waals surface area contributed by atoms with Gasteiger partial charge in [0.05, 0.1) is 0 Å². The van der Waals surface area contributed by atoms with Crippen LogP contribution in [0.4, 0.5) is 0 Å². The van der Waals surface area contributed by atoms with Crippen LogP contribution >= 0.6 is 0 Å². The van der Waals surface area contributed by atoms with Crippen LogP contribution in [0.5, 0.6) is 0 Å². The van der Waals surface area contributed by atoms with Gasteiger partial charge in [0, 0.05) is 30.6 Å². The fraction of sp³-hybridized carbons (Fsp3) is 0.938. The zero-order valence-corrected chi connectivity index (χ0v) is 13.2. The molecule has 0 spiro atoms. The predicted octanol–water partition coefficient (Wildman–Crippen LogP) is 2.66. The first-order valence-electron chi connectivity index (χ1n) is 7.82. The fourth-order valence-corrected chi connectivity index (χ4v) is 3.36. The fourth-order valence-electron chi connectivity index (χ4n) is 3.36. The molecule has 2 fully saturated rings. The Morgan fingerprint density at radius 3 is 2.32 bits per heavy atom. The summed E-state index contributed by atoms with van der Waals surface area (Å²) in [6.45, 7) is 12.9. The minimum Gasteiger partial charge on any atom is -0.352 e. The second-order valence-electron chi connectivity index (χ2n) is 7.84. The Balaban J connectivity index is 1.92. The Kier molecular flexibility index (Phi) is 4.24. The van der Waals surface area contributed by atoms with E-state index in [-0.39, 0.29) is 11.3 Å². The molecule has 1 aliphatic carbocycles. The highest BCUT2D eigenvalue weighted by Crippen LogP contribution is 2.34. The average molecular weight is 266 g/mol. The molecule has 0 aromatic carbocycles. The zero-order valence-electron chi connectivity index (χ0n) is 13.2. The van der Waals surface area contributed by atoms with Crippen LogP contribution in [0.3, 0.4) is 0 Å². The number of hydrogen-bond acceptors (Lipinski definition) is 2. The van der Waals surface area contributed by atoms with Gasteiger partial charge in [-0.1, -0.05) is 34.6 Å². The summed E-state index contributed by atoms with van der Waals surface area (Å²) >= 11 is 0. The van der Waals surface area contributed by atoms with Gasteiger partial charge in [-0.05, 0) is 31.1 Å². The van der Waals surface area contributed by atoms with Crippen molar-refractivity contribution in [1.82, 2.24) is 10.2 Å². The van der Waals surface area contributed by atoms with E-state index >= 15 is 0 Å². The van der Waals surface area contributed by atoms with E-state index in [0.29, 0.717) is 12.0 Å². The Bertz CT molecular complexity index is 334. The van der Waals surface area contributed by atoms with E-state index in [0.717, 1.165) is 24.9 Å². The summed E-state index contributed by atoms with van der Waals surface area (Å²) in [5, 5.41) is 3.26. The highest BCUT2D eigenvalue weighted by molar-refractivity contribution is 5.81. The van der Waals surface area contributed by atoms with Gasteiger partial charge >= 0.3 is 0 Å². The zero-order chi connectivity index (χ0) is 14.2. The molecule has 0 radical (unpaired) electrons. The van der Waals surface area contributed by atoms with Crippen molar-refractivity contribution in [1.29, 1.82) is 0 Å². The largest absolute Gasteiger partial charge is 0.352 e. The third-order valence-corrected chi connectivity index (χ3v) is 4.75. The maximum absolute atomic E-state index is 12.1. The van der Waals surface area contributed by atoms with E-state index in [2.05, 4.69) is 24.1 Å². The lowest BCUT2D eigenvalue weighted by atomic mass is 9.78. The van der Waals surface area contributed by atoms with Crippen LogP contribution in [0, 0.1) is 17.3 Å². The summed E-state index contributed by atoms with van der Waals surface area (Å²) < 4.78 is 0. The van der Waals surface area contributed by atoms with Gasteiger partial charge in [-0.2, -0.15) is 0 Å². The normalized spacial score (nSPS) is 36.7. The molecule has 0 aromatic rings. The molecule has 0 bridgehead atoms. The maximum atomic E-state index is 12.1. The molecule has 1 heterocycles. The molecular weight excluding hydrogens is 236 g/mol. The molecule has 4 atom stereocenters. The number of rotatable bonds is 2. The lowest BCUT2D eigenvalue weighted by Gasteiger charge is -2.48. The van der Waals surface area contributed by atoms with E-state index < -0.39 is 0 Å². The van der Waals surface area contributed by atoms with Crippen LogP contribution in [-0.2, 0) is 4.79 Å². The van der Waals surface area contributed by atoms with Crippen LogP contribution in [0.1, 0.15) is 53.9 Å². The summed E-state index contributed by atoms with van der Waals surface area (Å²) in [5.41, 5.74) is -0.282. The number of piperidine rings is 1. The monoisotopic (exact) mass is 266 g/mol. The minimum atomic E-state index is -0.282. The smallest absolute Gasteiger partial charge is 0.225 e. The quantitative estimate of drug-likeness (QED) is 0.833. The van der Waals surface area contributed by atoms with Crippen LogP contribution < -0.4 is 5.32 Å². The summed E-state index contributed by atoms with van der Waals surface area (Å²) in [4.78, 5) is 14.8. The molecule has 1 amide bonds. The van der Waals surface area contributed by atoms with E-state index in [1.807, 2.05) is 20.8 Å². The standard InChI is InChI=1S/C16H30N2O/c1-11-8-13(17-15(19)16(3,4)5)10-18(9-11)14-7-6-12(14)2/h11-14H,6-10H2,1-5H3,(H,17,19). The topological polar surface area (TPSA) is 32.3 Å². The van der Waals surface area contributed by atoms with Crippen LogP contribution in [0.15, 0.2) is 0 Å². The Morgan fingerprint density at radius 2 is 1.84 bits per heavy atom. The number of carbonyl (C=O) groups is 1. The molecule has 1 N–H and O–H groups in total. The average Bonchev–Trinajstić information content (AvgIpc) is 2.24. The van der Waals surface area contributed by atoms with Crippen molar-refractivity contribution in [2.45, 2.75) is 66.0 Å².